The molecule has 0 fully saturated rings. The Morgan fingerprint density at radius 1 is 0.326 bits per heavy atom. The van der Waals surface area contributed by atoms with Crippen LogP contribution in [0.25, 0.3) is 0 Å². The van der Waals surface area contributed by atoms with Crippen LogP contribution >= 0.6 is 15.6 Å². The Hall–Kier alpha value is -1.94. The molecule has 0 saturated carbocycles. The zero-order valence-corrected chi connectivity index (χ0v) is 59.7. The van der Waals surface area contributed by atoms with Crippen molar-refractivity contribution in [1.29, 1.82) is 0 Å². The van der Waals surface area contributed by atoms with Crippen molar-refractivity contribution in [3.63, 3.8) is 0 Å². The maximum absolute atomic E-state index is 13.0. The summed E-state index contributed by atoms with van der Waals surface area (Å²) in [6.07, 6.45) is 44.4. The number of phosphoric ester groups is 2. The predicted molar refractivity (Wildman–Crippen MR) is 358 cm³/mol. The lowest BCUT2D eigenvalue weighted by molar-refractivity contribution is -0.161. The number of hydrogen-bond donors (Lipinski definition) is 3. The van der Waals surface area contributed by atoms with Gasteiger partial charge in [0.25, 0.3) is 0 Å². The van der Waals surface area contributed by atoms with Gasteiger partial charge in [0.2, 0.25) is 0 Å². The van der Waals surface area contributed by atoms with Crippen molar-refractivity contribution in [2.45, 2.75) is 369 Å². The quantitative estimate of drug-likeness (QED) is 0.0222. The van der Waals surface area contributed by atoms with E-state index in [-0.39, 0.29) is 25.7 Å². The first kappa shape index (κ1) is 87.1. The van der Waals surface area contributed by atoms with Gasteiger partial charge in [-0.05, 0) is 43.4 Å². The molecule has 0 aromatic heterocycles. The number of carbonyl (C=O) groups excluding carboxylic acids is 4. The molecular weight excluding hydrogens is 1170 g/mol. The van der Waals surface area contributed by atoms with Crippen LogP contribution in [0, 0.1) is 17.8 Å². The van der Waals surface area contributed by atoms with E-state index in [2.05, 4.69) is 48.5 Å². The largest absolute Gasteiger partial charge is 0.472 e. The number of aliphatic hydroxyl groups is 1. The number of rotatable bonds is 68. The highest BCUT2D eigenvalue weighted by molar-refractivity contribution is 7.47. The van der Waals surface area contributed by atoms with Crippen molar-refractivity contribution in [3.05, 3.63) is 0 Å². The Morgan fingerprint density at radius 3 is 0.854 bits per heavy atom. The molecule has 0 bridgehead atoms. The predicted octanol–water partition coefficient (Wildman–Crippen LogP) is 19.8. The standard InChI is InChI=1S/C70H136O17P2/c1-8-10-11-12-13-14-22-30-37-44-51-67(72)80-58-66(87-70(75)54-47-40-33-26-28-35-42-49-62(5)6)60-85-89(78,79)83-56-64(71)55-82-88(76,77)84-59-65(57-81-68(73)52-45-38-31-25-24-29-36-43-50-63(7)9-2)86-69(74)53-46-39-32-23-20-18-16-15-17-19-21-27-34-41-48-61(3)4/h61-66,71H,8-60H2,1-7H3,(H,76,77)(H,78,79)/t63?,64-,65-,66-/m1/s1. The zero-order chi connectivity index (χ0) is 65.9. The number of esters is 4. The molecule has 3 unspecified atom stereocenters. The molecule has 0 heterocycles. The Kier molecular flexibility index (Phi) is 59.6. The minimum Gasteiger partial charge on any atom is -0.462 e. The molecule has 6 atom stereocenters. The van der Waals surface area contributed by atoms with E-state index in [1.807, 2.05) is 0 Å². The minimum absolute atomic E-state index is 0.103. The normalized spacial score (nSPS) is 14.5. The van der Waals surface area contributed by atoms with E-state index in [9.17, 15) is 43.2 Å². The van der Waals surface area contributed by atoms with Crippen molar-refractivity contribution in [2.75, 3.05) is 39.6 Å². The van der Waals surface area contributed by atoms with Gasteiger partial charge in [-0.15, -0.1) is 0 Å². The molecule has 17 nitrogen and oxygen atoms in total. The van der Waals surface area contributed by atoms with E-state index in [0.29, 0.717) is 31.6 Å². The summed E-state index contributed by atoms with van der Waals surface area (Å²) in [4.78, 5) is 72.5. The molecule has 0 saturated heterocycles. The molecule has 0 amide bonds. The molecule has 528 valence electrons. The maximum atomic E-state index is 13.0. The summed E-state index contributed by atoms with van der Waals surface area (Å²) in [6, 6.07) is 0. The van der Waals surface area contributed by atoms with Crippen LogP contribution in [0.1, 0.15) is 350 Å². The lowest BCUT2D eigenvalue weighted by Gasteiger charge is -2.21. The third kappa shape index (κ3) is 63.2. The highest BCUT2D eigenvalue weighted by atomic mass is 31.2. The molecule has 19 heteroatoms. The second-order valence-corrected chi connectivity index (χ2v) is 29.4. The average Bonchev–Trinajstić information content (AvgIpc) is 3.70. The van der Waals surface area contributed by atoms with Gasteiger partial charge in [0.1, 0.15) is 19.3 Å². The summed E-state index contributed by atoms with van der Waals surface area (Å²) in [7, 11) is -9.90. The second kappa shape index (κ2) is 61.0. The second-order valence-electron chi connectivity index (χ2n) is 26.5. The van der Waals surface area contributed by atoms with Gasteiger partial charge < -0.3 is 33.8 Å². The fraction of sp³-hybridized carbons (Fsp3) is 0.943. The molecule has 0 spiro atoms. The van der Waals surface area contributed by atoms with E-state index in [1.165, 1.54) is 161 Å². The van der Waals surface area contributed by atoms with Gasteiger partial charge in [0, 0.05) is 25.7 Å². The summed E-state index contributed by atoms with van der Waals surface area (Å²) in [5, 5.41) is 10.6. The van der Waals surface area contributed by atoms with Crippen LogP contribution in [-0.2, 0) is 65.4 Å². The summed E-state index contributed by atoms with van der Waals surface area (Å²) >= 11 is 0. The first-order valence-corrected chi connectivity index (χ1v) is 39.4. The van der Waals surface area contributed by atoms with Gasteiger partial charge in [-0.3, -0.25) is 37.3 Å². The summed E-state index contributed by atoms with van der Waals surface area (Å²) in [5.74, 6) is 0.140. The first-order chi connectivity index (χ1) is 42.8. The number of carbonyl (C=O) groups is 4. The Bertz CT molecular complexity index is 1750. The van der Waals surface area contributed by atoms with Crippen molar-refractivity contribution in [3.8, 4) is 0 Å². The summed E-state index contributed by atoms with van der Waals surface area (Å²) in [6.45, 7) is 11.8. The third-order valence-corrected chi connectivity index (χ3v) is 18.4. The molecule has 0 aromatic carbocycles. The minimum atomic E-state index is -4.95. The van der Waals surface area contributed by atoms with Gasteiger partial charge in [-0.25, -0.2) is 9.13 Å². The molecule has 0 aliphatic rings. The van der Waals surface area contributed by atoms with Crippen LogP contribution < -0.4 is 0 Å². The van der Waals surface area contributed by atoms with E-state index >= 15 is 0 Å². The molecule has 3 N–H and O–H groups in total. The average molecular weight is 1310 g/mol. The topological polar surface area (TPSA) is 237 Å². The van der Waals surface area contributed by atoms with Crippen LogP contribution in [0.2, 0.25) is 0 Å². The van der Waals surface area contributed by atoms with E-state index < -0.39 is 97.5 Å². The van der Waals surface area contributed by atoms with Crippen molar-refractivity contribution < 1.29 is 80.2 Å². The number of ether oxygens (including phenoxy) is 4. The smallest absolute Gasteiger partial charge is 0.462 e. The lowest BCUT2D eigenvalue weighted by atomic mass is 9.99. The van der Waals surface area contributed by atoms with Crippen LogP contribution in [0.15, 0.2) is 0 Å². The van der Waals surface area contributed by atoms with Crippen LogP contribution in [0.5, 0.6) is 0 Å². The fourth-order valence-corrected chi connectivity index (χ4v) is 12.1. The number of aliphatic hydroxyl groups excluding tert-OH is 1. The van der Waals surface area contributed by atoms with Gasteiger partial charge in [-0.1, -0.05) is 299 Å². The number of hydrogen-bond acceptors (Lipinski definition) is 15. The van der Waals surface area contributed by atoms with Crippen LogP contribution in [-0.4, -0.2) is 96.7 Å². The molecule has 0 radical (unpaired) electrons. The van der Waals surface area contributed by atoms with Crippen molar-refractivity contribution in [2.24, 2.45) is 17.8 Å². The lowest BCUT2D eigenvalue weighted by Crippen LogP contribution is -2.30. The van der Waals surface area contributed by atoms with Gasteiger partial charge >= 0.3 is 39.5 Å². The van der Waals surface area contributed by atoms with Crippen molar-refractivity contribution >= 4 is 39.5 Å². The Labute approximate surface area is 543 Å². The SMILES string of the molecule is CCCCCCCCCCCCC(=O)OC[C@H](COP(=O)(O)OC[C@H](O)COP(=O)(O)OC[C@@H](COC(=O)CCCCCCCCCCC(C)CC)OC(=O)CCCCCCCCCCCCCCCCC(C)C)OC(=O)CCCCCCCCCC(C)C. The van der Waals surface area contributed by atoms with E-state index in [0.717, 1.165) is 102 Å². The van der Waals surface area contributed by atoms with Gasteiger partial charge in [0.05, 0.1) is 26.4 Å². The summed E-state index contributed by atoms with van der Waals surface area (Å²) in [5.41, 5.74) is 0. The summed E-state index contributed by atoms with van der Waals surface area (Å²) < 4.78 is 68.2. The monoisotopic (exact) mass is 1310 g/mol. The highest BCUT2D eigenvalue weighted by Crippen LogP contribution is 2.45. The van der Waals surface area contributed by atoms with Crippen molar-refractivity contribution in [1.82, 2.24) is 0 Å². The zero-order valence-electron chi connectivity index (χ0n) is 57.9. The number of phosphoric acid groups is 2. The third-order valence-electron chi connectivity index (χ3n) is 16.5. The van der Waals surface area contributed by atoms with E-state index in [4.69, 9.17) is 37.0 Å². The Balaban J connectivity index is 5.23. The van der Waals surface area contributed by atoms with Crippen LogP contribution in [0.3, 0.4) is 0 Å². The Morgan fingerprint density at radius 2 is 0.573 bits per heavy atom. The molecule has 0 aromatic rings. The molecule has 0 aliphatic heterocycles. The maximum Gasteiger partial charge on any atom is 0.472 e. The molecular formula is C70H136O17P2. The first-order valence-electron chi connectivity index (χ1n) is 36.4. The molecule has 0 aliphatic carbocycles. The van der Waals surface area contributed by atoms with Crippen LogP contribution in [0.4, 0.5) is 0 Å². The molecule has 0 rings (SSSR count). The fourth-order valence-electron chi connectivity index (χ4n) is 10.5. The highest BCUT2D eigenvalue weighted by Gasteiger charge is 2.30. The number of unbranched alkanes of at least 4 members (excludes halogenated alkanes) is 35. The van der Waals surface area contributed by atoms with Gasteiger partial charge in [0.15, 0.2) is 12.2 Å². The molecule has 89 heavy (non-hydrogen) atoms. The van der Waals surface area contributed by atoms with Gasteiger partial charge in [-0.2, -0.15) is 0 Å². The van der Waals surface area contributed by atoms with E-state index in [1.54, 1.807) is 0 Å².